The molecular weight excluding hydrogens is 308 g/mol. The number of ketones is 1. The Hall–Kier alpha value is -2.40. The van der Waals surface area contributed by atoms with E-state index >= 15 is 0 Å². The van der Waals surface area contributed by atoms with Crippen LogP contribution in [0.25, 0.3) is 0 Å². The lowest BCUT2D eigenvalue weighted by atomic mass is 10.1. The third-order valence-corrected chi connectivity index (χ3v) is 4.51. The summed E-state index contributed by atoms with van der Waals surface area (Å²) in [6.45, 7) is 0.974. The molecule has 0 N–H and O–H groups in total. The van der Waals surface area contributed by atoms with Crippen LogP contribution in [-0.2, 0) is 0 Å². The van der Waals surface area contributed by atoms with Crippen molar-refractivity contribution in [3.05, 3.63) is 71.8 Å². The minimum absolute atomic E-state index is 0.0351. The topological polar surface area (TPSA) is 49.7 Å². The number of hydrogen-bond donors (Lipinski definition) is 0. The molecule has 1 aliphatic rings. The van der Waals surface area contributed by atoms with E-state index in [0.29, 0.717) is 16.3 Å². The number of hydrogen-bond acceptors (Lipinski definition) is 3. The van der Waals surface area contributed by atoms with Gasteiger partial charge in [0.25, 0.3) is 5.91 Å². The average molecular weight is 324 g/mol. The van der Waals surface area contributed by atoms with E-state index in [0.717, 1.165) is 12.3 Å². The molecule has 1 fully saturated rings. The van der Waals surface area contributed by atoms with E-state index < -0.39 is 0 Å². The van der Waals surface area contributed by atoms with Gasteiger partial charge in [0, 0.05) is 23.4 Å². The van der Waals surface area contributed by atoms with Gasteiger partial charge < -0.3 is 4.90 Å². The first-order valence-corrected chi connectivity index (χ1v) is 8.36. The van der Waals surface area contributed by atoms with Gasteiger partial charge in [0.15, 0.2) is 11.0 Å². The Labute approximate surface area is 139 Å². The summed E-state index contributed by atoms with van der Waals surface area (Å²) in [7, 11) is 0. The molecule has 0 atom stereocenters. The highest BCUT2D eigenvalue weighted by Crippen LogP contribution is 2.19. The lowest BCUT2D eigenvalue weighted by molar-refractivity contribution is 0.0959. The SMILES string of the molecule is O=C(CN1CCSC1=NC(=O)c1ccccc1)c1ccccc1. The normalized spacial score (nSPS) is 15.8. The monoisotopic (exact) mass is 324 g/mol. The highest BCUT2D eigenvalue weighted by atomic mass is 32.2. The number of benzene rings is 2. The summed E-state index contributed by atoms with van der Waals surface area (Å²) in [5, 5.41) is 0.628. The van der Waals surface area contributed by atoms with Gasteiger partial charge in [-0.3, -0.25) is 9.59 Å². The first-order valence-electron chi connectivity index (χ1n) is 7.38. The predicted molar refractivity (Wildman–Crippen MR) is 93.0 cm³/mol. The summed E-state index contributed by atoms with van der Waals surface area (Å²) >= 11 is 1.51. The molecular formula is C18H16N2O2S. The first kappa shape index (κ1) is 15.5. The fourth-order valence-electron chi connectivity index (χ4n) is 2.30. The second-order valence-corrected chi connectivity index (χ2v) is 6.19. The number of aliphatic imine (C=N–C) groups is 1. The molecule has 116 valence electrons. The van der Waals surface area contributed by atoms with E-state index in [2.05, 4.69) is 4.99 Å². The van der Waals surface area contributed by atoms with Crippen molar-refractivity contribution in [2.75, 3.05) is 18.8 Å². The highest BCUT2D eigenvalue weighted by molar-refractivity contribution is 8.14. The van der Waals surface area contributed by atoms with Crippen molar-refractivity contribution in [1.29, 1.82) is 0 Å². The predicted octanol–water partition coefficient (Wildman–Crippen LogP) is 3.11. The molecule has 0 bridgehead atoms. The van der Waals surface area contributed by atoms with Gasteiger partial charge in [0.05, 0.1) is 6.54 Å². The van der Waals surface area contributed by atoms with Crippen LogP contribution in [0.2, 0.25) is 0 Å². The number of rotatable bonds is 4. The molecule has 2 aromatic carbocycles. The summed E-state index contributed by atoms with van der Waals surface area (Å²) in [4.78, 5) is 30.6. The number of carbonyl (C=O) groups is 2. The quantitative estimate of drug-likeness (QED) is 0.811. The Morgan fingerprint density at radius 2 is 1.57 bits per heavy atom. The molecule has 23 heavy (non-hydrogen) atoms. The molecule has 0 aromatic heterocycles. The van der Waals surface area contributed by atoms with Crippen LogP contribution in [0.15, 0.2) is 65.7 Å². The Balaban J connectivity index is 1.72. The number of amides is 1. The summed E-state index contributed by atoms with van der Waals surface area (Å²) in [6.07, 6.45) is 0. The Bertz CT molecular complexity index is 729. The van der Waals surface area contributed by atoms with E-state index in [1.807, 2.05) is 41.3 Å². The van der Waals surface area contributed by atoms with Crippen LogP contribution < -0.4 is 0 Å². The Morgan fingerprint density at radius 3 is 2.22 bits per heavy atom. The average Bonchev–Trinajstić information content (AvgIpc) is 3.03. The Kier molecular flexibility index (Phi) is 4.88. The fraction of sp³-hybridized carbons (Fsp3) is 0.167. The zero-order chi connectivity index (χ0) is 16.1. The minimum Gasteiger partial charge on any atom is -0.343 e. The molecule has 0 aliphatic carbocycles. The standard InChI is InChI=1S/C18H16N2O2S/c21-16(14-7-3-1-4-8-14)13-20-11-12-23-18(20)19-17(22)15-9-5-2-6-10-15/h1-10H,11-13H2. The van der Waals surface area contributed by atoms with Crippen LogP contribution >= 0.6 is 11.8 Å². The van der Waals surface area contributed by atoms with E-state index in [-0.39, 0.29) is 18.2 Å². The second kappa shape index (κ2) is 7.24. The highest BCUT2D eigenvalue weighted by Gasteiger charge is 2.23. The molecule has 1 aliphatic heterocycles. The largest absolute Gasteiger partial charge is 0.343 e. The van der Waals surface area contributed by atoms with Gasteiger partial charge in [-0.05, 0) is 12.1 Å². The van der Waals surface area contributed by atoms with E-state index in [1.54, 1.807) is 24.3 Å². The number of amidine groups is 1. The third-order valence-electron chi connectivity index (χ3n) is 3.51. The minimum atomic E-state index is -0.271. The van der Waals surface area contributed by atoms with Gasteiger partial charge in [-0.2, -0.15) is 4.99 Å². The fourth-order valence-corrected chi connectivity index (χ4v) is 3.28. The summed E-state index contributed by atoms with van der Waals surface area (Å²) in [5.74, 6) is 0.600. The lowest BCUT2D eigenvalue weighted by Crippen LogP contribution is -2.31. The Morgan fingerprint density at radius 1 is 0.957 bits per heavy atom. The van der Waals surface area contributed by atoms with Crippen LogP contribution in [0.5, 0.6) is 0 Å². The van der Waals surface area contributed by atoms with Crippen LogP contribution in [0.1, 0.15) is 20.7 Å². The molecule has 5 heteroatoms. The van der Waals surface area contributed by atoms with Gasteiger partial charge >= 0.3 is 0 Å². The molecule has 3 rings (SSSR count). The van der Waals surface area contributed by atoms with E-state index in [9.17, 15) is 9.59 Å². The maximum atomic E-state index is 12.3. The zero-order valence-corrected chi connectivity index (χ0v) is 13.3. The van der Waals surface area contributed by atoms with Gasteiger partial charge in [-0.25, -0.2) is 0 Å². The van der Waals surface area contributed by atoms with Crippen LogP contribution in [0.4, 0.5) is 0 Å². The van der Waals surface area contributed by atoms with Gasteiger partial charge in [0.2, 0.25) is 0 Å². The second-order valence-electron chi connectivity index (χ2n) is 5.12. The first-order chi connectivity index (χ1) is 11.2. The van der Waals surface area contributed by atoms with Crippen molar-refractivity contribution in [2.24, 2.45) is 4.99 Å². The molecule has 1 heterocycles. The summed E-state index contributed by atoms with van der Waals surface area (Å²) in [6, 6.07) is 18.1. The number of thioether (sulfide) groups is 1. The smallest absolute Gasteiger partial charge is 0.279 e. The number of carbonyl (C=O) groups excluding carboxylic acids is 2. The van der Waals surface area contributed by atoms with Gasteiger partial charge in [-0.1, -0.05) is 60.3 Å². The van der Waals surface area contributed by atoms with Gasteiger partial charge in [0.1, 0.15) is 0 Å². The molecule has 1 saturated heterocycles. The number of Topliss-reactive ketones (excluding diaryl/α,β-unsaturated/α-hetero) is 1. The van der Waals surface area contributed by atoms with E-state index in [4.69, 9.17) is 0 Å². The summed E-state index contributed by atoms with van der Waals surface area (Å²) in [5.41, 5.74) is 1.24. The molecule has 4 nitrogen and oxygen atoms in total. The zero-order valence-electron chi connectivity index (χ0n) is 12.5. The van der Waals surface area contributed by atoms with Crippen molar-refractivity contribution in [1.82, 2.24) is 4.90 Å². The van der Waals surface area contributed by atoms with Crippen molar-refractivity contribution in [2.45, 2.75) is 0 Å². The molecule has 0 radical (unpaired) electrons. The summed E-state index contributed by atoms with van der Waals surface area (Å²) < 4.78 is 0. The van der Waals surface area contributed by atoms with E-state index in [1.165, 1.54) is 11.8 Å². The number of nitrogens with zero attached hydrogens (tertiary/aromatic N) is 2. The van der Waals surface area contributed by atoms with Gasteiger partial charge in [-0.15, -0.1) is 0 Å². The maximum absolute atomic E-state index is 12.3. The molecule has 2 aromatic rings. The maximum Gasteiger partial charge on any atom is 0.279 e. The van der Waals surface area contributed by atoms with Crippen LogP contribution in [-0.4, -0.2) is 40.6 Å². The molecule has 1 amide bonds. The van der Waals surface area contributed by atoms with Crippen LogP contribution in [0.3, 0.4) is 0 Å². The third kappa shape index (κ3) is 3.87. The van der Waals surface area contributed by atoms with Crippen LogP contribution in [0, 0.1) is 0 Å². The molecule has 0 saturated carbocycles. The van der Waals surface area contributed by atoms with Crippen molar-refractivity contribution < 1.29 is 9.59 Å². The van der Waals surface area contributed by atoms with Crippen molar-refractivity contribution in [3.63, 3.8) is 0 Å². The lowest BCUT2D eigenvalue weighted by Gasteiger charge is -2.16. The van der Waals surface area contributed by atoms with Crippen molar-refractivity contribution in [3.8, 4) is 0 Å². The van der Waals surface area contributed by atoms with Crippen molar-refractivity contribution >= 4 is 28.6 Å². The molecule has 0 unspecified atom stereocenters. The molecule has 0 spiro atoms.